The molecule has 0 radical (unpaired) electrons. The molecule has 1 fully saturated rings. The Hall–Kier alpha value is -1.78. The number of aryl methyl sites for hydroxylation is 1. The number of nitro benzene ring substituents is 1. The van der Waals surface area contributed by atoms with Crippen LogP contribution in [0.5, 0.6) is 0 Å². The maximum atomic E-state index is 10.9. The van der Waals surface area contributed by atoms with Crippen molar-refractivity contribution in [1.82, 2.24) is 0 Å². The minimum absolute atomic E-state index is 0.203. The zero-order valence-corrected chi connectivity index (χ0v) is 9.77. The van der Waals surface area contributed by atoms with E-state index in [9.17, 15) is 10.1 Å². The molecule has 2 heterocycles. The average Bonchev–Trinajstić information content (AvgIpc) is 2.76. The van der Waals surface area contributed by atoms with Gasteiger partial charge in [0, 0.05) is 30.8 Å². The second kappa shape index (κ2) is 3.61. The van der Waals surface area contributed by atoms with Crippen LogP contribution in [-0.4, -0.2) is 24.1 Å². The molecule has 5 heteroatoms. The monoisotopic (exact) mass is 233 g/mol. The van der Waals surface area contributed by atoms with Crippen molar-refractivity contribution in [2.24, 2.45) is 0 Å². The maximum absolute atomic E-state index is 10.9. The largest absolute Gasteiger partial charge is 0.381 e. The van der Waals surface area contributed by atoms with E-state index in [0.29, 0.717) is 6.04 Å². The third-order valence-electron chi connectivity index (χ3n) is 3.73. The predicted octanol–water partition coefficient (Wildman–Crippen LogP) is 2.30. The quantitative estimate of drug-likeness (QED) is 0.597. The molecule has 1 atom stereocenters. The van der Waals surface area contributed by atoms with Gasteiger partial charge in [-0.1, -0.05) is 0 Å². The molecule has 90 valence electrons. The Bertz CT molecular complexity index is 487. The normalized spacial score (nSPS) is 21.7. The highest BCUT2D eigenvalue weighted by Gasteiger charge is 2.31. The second-order valence-electron chi connectivity index (χ2n) is 4.78. The Labute approximate surface area is 99.6 Å². The standard InChI is InChI=1S/C12H15N3O2/c1-8-5-12-10(6-11(8)15(16)17)13-7-9-3-2-4-14(9)12/h5-6,9,13H,2-4,7H2,1H3/t9-/m0/s1. The molecule has 1 aromatic rings. The fraction of sp³-hybridized carbons (Fsp3) is 0.500. The number of anilines is 2. The Morgan fingerprint density at radius 1 is 1.53 bits per heavy atom. The number of benzene rings is 1. The highest BCUT2D eigenvalue weighted by molar-refractivity contribution is 5.77. The first kappa shape index (κ1) is 10.4. The lowest BCUT2D eigenvalue weighted by Gasteiger charge is -2.34. The van der Waals surface area contributed by atoms with Crippen LogP contribution in [0.15, 0.2) is 12.1 Å². The second-order valence-corrected chi connectivity index (χ2v) is 4.78. The third-order valence-corrected chi connectivity index (χ3v) is 3.73. The molecular formula is C12H15N3O2. The van der Waals surface area contributed by atoms with E-state index in [-0.39, 0.29) is 10.6 Å². The number of hydrogen-bond acceptors (Lipinski definition) is 4. The van der Waals surface area contributed by atoms with Gasteiger partial charge in [0.15, 0.2) is 0 Å². The van der Waals surface area contributed by atoms with E-state index in [2.05, 4.69) is 10.2 Å². The molecule has 2 aliphatic heterocycles. The van der Waals surface area contributed by atoms with Gasteiger partial charge >= 0.3 is 0 Å². The lowest BCUT2D eigenvalue weighted by atomic mass is 10.1. The molecule has 0 unspecified atom stereocenters. The van der Waals surface area contributed by atoms with Crippen LogP contribution in [0.4, 0.5) is 17.1 Å². The lowest BCUT2D eigenvalue weighted by molar-refractivity contribution is -0.385. The summed E-state index contributed by atoms with van der Waals surface area (Å²) in [5, 5.41) is 14.2. The van der Waals surface area contributed by atoms with E-state index in [1.54, 1.807) is 13.0 Å². The molecular weight excluding hydrogens is 218 g/mol. The number of fused-ring (bicyclic) bond motifs is 3. The molecule has 3 rings (SSSR count). The molecule has 0 aromatic heterocycles. The lowest BCUT2D eigenvalue weighted by Crippen LogP contribution is -2.39. The van der Waals surface area contributed by atoms with Crippen molar-refractivity contribution in [2.75, 3.05) is 23.3 Å². The fourth-order valence-corrected chi connectivity index (χ4v) is 2.85. The van der Waals surface area contributed by atoms with Gasteiger partial charge in [-0.15, -0.1) is 0 Å². The molecule has 17 heavy (non-hydrogen) atoms. The van der Waals surface area contributed by atoms with Crippen molar-refractivity contribution >= 4 is 17.1 Å². The van der Waals surface area contributed by atoms with E-state index in [0.717, 1.165) is 30.0 Å². The number of hydrogen-bond donors (Lipinski definition) is 1. The van der Waals surface area contributed by atoms with Crippen molar-refractivity contribution in [3.8, 4) is 0 Å². The van der Waals surface area contributed by atoms with Gasteiger partial charge in [0.25, 0.3) is 5.69 Å². The minimum Gasteiger partial charge on any atom is -0.381 e. The molecule has 1 N–H and O–H groups in total. The Kier molecular flexibility index (Phi) is 2.21. The summed E-state index contributed by atoms with van der Waals surface area (Å²) >= 11 is 0. The van der Waals surface area contributed by atoms with Crippen LogP contribution in [-0.2, 0) is 0 Å². The summed E-state index contributed by atoms with van der Waals surface area (Å²) in [6, 6.07) is 4.17. The smallest absolute Gasteiger partial charge is 0.274 e. The predicted molar refractivity (Wildman–Crippen MR) is 66.7 cm³/mol. The van der Waals surface area contributed by atoms with Crippen molar-refractivity contribution in [1.29, 1.82) is 0 Å². The summed E-state index contributed by atoms with van der Waals surface area (Å²) in [6.07, 6.45) is 2.42. The van der Waals surface area contributed by atoms with Crippen LogP contribution in [0, 0.1) is 17.0 Å². The number of nitrogens with zero attached hydrogens (tertiary/aromatic N) is 2. The summed E-state index contributed by atoms with van der Waals surface area (Å²) < 4.78 is 0. The zero-order valence-electron chi connectivity index (χ0n) is 9.77. The van der Waals surface area contributed by atoms with Crippen LogP contribution in [0.3, 0.4) is 0 Å². The molecule has 1 aromatic carbocycles. The summed E-state index contributed by atoms with van der Waals surface area (Å²) in [7, 11) is 0. The van der Waals surface area contributed by atoms with Crippen molar-refractivity contribution in [3.63, 3.8) is 0 Å². The minimum atomic E-state index is -0.312. The first-order valence-corrected chi connectivity index (χ1v) is 5.96. The number of nitrogens with one attached hydrogen (secondary N) is 1. The van der Waals surface area contributed by atoms with Gasteiger partial charge in [0.1, 0.15) is 0 Å². The molecule has 0 spiro atoms. The van der Waals surface area contributed by atoms with E-state index in [1.807, 2.05) is 6.07 Å². The molecule has 0 aliphatic carbocycles. The van der Waals surface area contributed by atoms with Gasteiger partial charge in [-0.05, 0) is 25.8 Å². The first-order chi connectivity index (χ1) is 8.16. The van der Waals surface area contributed by atoms with Crippen molar-refractivity contribution in [2.45, 2.75) is 25.8 Å². The Balaban J connectivity index is 2.08. The third kappa shape index (κ3) is 1.53. The first-order valence-electron chi connectivity index (χ1n) is 5.96. The zero-order chi connectivity index (χ0) is 12.0. The van der Waals surface area contributed by atoms with Gasteiger partial charge in [-0.3, -0.25) is 10.1 Å². The number of nitro groups is 1. The van der Waals surface area contributed by atoms with Gasteiger partial charge in [-0.2, -0.15) is 0 Å². The summed E-state index contributed by atoms with van der Waals surface area (Å²) in [4.78, 5) is 13.0. The summed E-state index contributed by atoms with van der Waals surface area (Å²) in [6.45, 7) is 3.77. The van der Waals surface area contributed by atoms with E-state index in [1.165, 1.54) is 12.8 Å². The van der Waals surface area contributed by atoms with Crippen LogP contribution < -0.4 is 10.2 Å². The van der Waals surface area contributed by atoms with E-state index in [4.69, 9.17) is 0 Å². The van der Waals surface area contributed by atoms with Crippen LogP contribution in [0.2, 0.25) is 0 Å². The molecule has 0 amide bonds. The van der Waals surface area contributed by atoms with E-state index < -0.39 is 0 Å². The highest BCUT2D eigenvalue weighted by Crippen LogP contribution is 2.39. The van der Waals surface area contributed by atoms with Crippen molar-refractivity contribution in [3.05, 3.63) is 27.8 Å². The van der Waals surface area contributed by atoms with Gasteiger partial charge < -0.3 is 10.2 Å². The van der Waals surface area contributed by atoms with Gasteiger partial charge in [-0.25, -0.2) is 0 Å². The van der Waals surface area contributed by atoms with Gasteiger partial charge in [0.2, 0.25) is 0 Å². The Morgan fingerprint density at radius 2 is 2.35 bits per heavy atom. The molecule has 2 aliphatic rings. The highest BCUT2D eigenvalue weighted by atomic mass is 16.6. The Morgan fingerprint density at radius 3 is 3.12 bits per heavy atom. The molecule has 5 nitrogen and oxygen atoms in total. The van der Waals surface area contributed by atoms with Crippen LogP contribution in [0.1, 0.15) is 18.4 Å². The molecule has 0 saturated carbocycles. The van der Waals surface area contributed by atoms with E-state index >= 15 is 0 Å². The van der Waals surface area contributed by atoms with Crippen LogP contribution in [0.25, 0.3) is 0 Å². The van der Waals surface area contributed by atoms with Crippen molar-refractivity contribution < 1.29 is 4.92 Å². The summed E-state index contributed by atoms with van der Waals surface area (Å²) in [5.41, 5.74) is 2.97. The SMILES string of the molecule is Cc1cc2c(cc1[N+](=O)[O-])NC[C@@H]1CCCN21. The molecule has 0 bridgehead atoms. The van der Waals surface area contributed by atoms with Crippen LogP contribution >= 0.6 is 0 Å². The van der Waals surface area contributed by atoms with Gasteiger partial charge in [0.05, 0.1) is 16.3 Å². The number of rotatable bonds is 1. The average molecular weight is 233 g/mol. The molecule has 1 saturated heterocycles. The fourth-order valence-electron chi connectivity index (χ4n) is 2.85. The maximum Gasteiger partial charge on any atom is 0.274 e. The summed E-state index contributed by atoms with van der Waals surface area (Å²) in [5.74, 6) is 0. The topological polar surface area (TPSA) is 58.4 Å².